The van der Waals surface area contributed by atoms with Crippen molar-refractivity contribution in [3.8, 4) is 11.3 Å². The van der Waals surface area contributed by atoms with Crippen molar-refractivity contribution >= 4 is 196 Å². The molecular formula is C109H108BCl5Cs2F2N12O5P4Pd. The Labute approximate surface area is 990 Å². The number of rotatable bonds is 17. The predicted molar refractivity (Wildman–Crippen MR) is 578 cm³/mol. The van der Waals surface area contributed by atoms with Crippen LogP contribution in [-0.4, -0.2) is 106 Å². The number of piperazine rings is 2. The first-order valence-corrected chi connectivity index (χ1v) is 51.9. The largest absolute Gasteiger partial charge is 1.00 e. The molecule has 3 aliphatic rings. The quantitative estimate of drug-likeness (QED) is 0.0166. The van der Waals surface area contributed by atoms with Crippen LogP contribution in [0.15, 0.2) is 388 Å². The van der Waals surface area contributed by atoms with Crippen molar-refractivity contribution in [2.75, 3.05) is 47.4 Å². The van der Waals surface area contributed by atoms with Gasteiger partial charge in [-0.25, -0.2) is 8.78 Å². The number of halogens is 7. The SMILES string of the molecule is CC1(C)OB(c2cc(F)cc(Cl)c2Cl)OC1(C)C.C[C@@H]1CN(c2nnc(-c3cc(F)cc(Cl)c3Cl)c(N)n2)C[C@H](C)N1.C[C@@H]1CN(c2nnc(Cl)c(N)n2)C[C@H](C)N1.O=CO[O-].[Cs+].[Cs+].[H-].[Pd].c1ccc(P(c2ccccc2)c2ccccc2)cc1.c1ccc(P(c2ccccc2)c2ccccc2)cc1.c1ccc(P(c2ccccc2)c2ccccc2)cc1.c1ccc(P(c2ccccc2)c2ccccc2)cc1. The predicted octanol–water partition coefficient (Wildman–Crippen LogP) is 12.8. The van der Waals surface area contributed by atoms with E-state index in [1.807, 2.05) is 32.6 Å². The number of nitrogens with zero attached hydrogens (tertiary/aromatic N) is 8. The van der Waals surface area contributed by atoms with E-state index in [0.29, 0.717) is 41.5 Å². The van der Waals surface area contributed by atoms with Gasteiger partial charge < -0.3 is 52.8 Å². The normalized spacial score (nSPS) is 15.1. The first-order chi connectivity index (χ1) is 66.8. The Balaban J connectivity index is 0.000000201. The van der Waals surface area contributed by atoms with Crippen LogP contribution in [0, 0.1) is 11.6 Å². The standard InChI is InChI=1S/4C18H15P.C15H17Cl2FN6.C12H14BCl2FO2.C9H15ClN6.CH2O3.2Cs.Pd.H/c4*1-4-10-16(11-5-1)19(17-12-6-2-7-13-17)18-14-8-3-9-15-18;1-7-5-24(6-8(2)20-7)15-21-14(19)13(22-23-15)10-3-9(18)4-11(16)12(10)17;1-11(2)12(3,4)18-13(17-11)8-5-7(16)6-9(14)10(8)15;1-5-3-16(4-6(2)12-5)9-13-8(11)7(10)14-15-9;2-1-4-3;;;;/h4*1-15H;3-4,7-8,20H,5-6H2,1-2H3,(H2,19,21,23);5-6H,1-4H3;5-6,12H,3-4H2,1-2H3,(H2,11,13,15);1,3H;;;;/q;;;;;;;;2*+1;;-1/p-1/t;;;;7-,8+;;5-,6+;;;;;. The second-order valence-corrected chi connectivity index (χ2v) is 43.9. The molecule has 19 rings (SSSR count). The molecule has 5 heterocycles. The topological polar surface area (TPSA) is 228 Å². The third kappa shape index (κ3) is 35.3. The van der Waals surface area contributed by atoms with Gasteiger partial charge in [0.2, 0.25) is 11.9 Å². The zero-order chi connectivity index (χ0) is 97.9. The fraction of sp³-hybridized carbons (Fsp3) is 0.165. The number of nitrogen functional groups attached to an aromatic ring is 2. The van der Waals surface area contributed by atoms with E-state index in [1.165, 1.54) is 81.9 Å². The molecule has 17 nitrogen and oxygen atoms in total. The van der Waals surface area contributed by atoms with Crippen molar-refractivity contribution in [3.63, 3.8) is 0 Å². The number of benzene rings is 14. The molecule has 3 fully saturated rings. The van der Waals surface area contributed by atoms with Gasteiger partial charge in [-0.3, -0.25) is 4.79 Å². The Kier molecular flexibility index (Phi) is 50.7. The average molecular weight is 2390 g/mol. The second kappa shape index (κ2) is 60.6. The monoisotopic (exact) mass is 2380 g/mol. The van der Waals surface area contributed by atoms with Gasteiger partial charge in [0.25, 0.3) is 6.47 Å². The van der Waals surface area contributed by atoms with Crippen LogP contribution in [0.2, 0.25) is 25.2 Å². The zero-order valence-electron chi connectivity index (χ0n) is 80.8. The van der Waals surface area contributed by atoms with Gasteiger partial charge in [0.1, 0.15) is 17.3 Å². The van der Waals surface area contributed by atoms with E-state index < -0.39 is 61.6 Å². The van der Waals surface area contributed by atoms with Crippen LogP contribution in [-0.2, 0) is 39.4 Å². The number of carbonyl (C=O) groups excluding carboxylic acids is 1. The van der Waals surface area contributed by atoms with E-state index in [2.05, 4.69) is 442 Å². The number of anilines is 4. The fourth-order valence-electron chi connectivity index (χ4n) is 15.2. The van der Waals surface area contributed by atoms with Gasteiger partial charge in [-0.15, -0.1) is 20.4 Å². The van der Waals surface area contributed by atoms with Crippen molar-refractivity contribution < 1.29 is 193 Å². The zero-order valence-corrected chi connectivity index (χ0v) is 101. The summed E-state index contributed by atoms with van der Waals surface area (Å²) >= 11 is 29.7. The second-order valence-electron chi connectivity index (χ2n) is 33.1. The molecule has 0 aliphatic carbocycles. The van der Waals surface area contributed by atoms with Crippen LogP contribution in [0.3, 0.4) is 0 Å². The van der Waals surface area contributed by atoms with E-state index in [4.69, 9.17) is 88.8 Å². The maximum Gasteiger partial charge on any atom is 1.00 e. The van der Waals surface area contributed by atoms with Gasteiger partial charge >= 0.3 is 145 Å². The van der Waals surface area contributed by atoms with E-state index in [0.717, 1.165) is 32.2 Å². The third-order valence-corrected chi connectivity index (χ3v) is 33.7. The summed E-state index contributed by atoms with van der Waals surface area (Å²) in [5, 5.41) is 48.9. The smallest absolute Gasteiger partial charge is 1.00 e. The number of nitrogens with two attached hydrogens (primary N) is 2. The third-order valence-electron chi connectivity index (χ3n) is 22.0. The van der Waals surface area contributed by atoms with Crippen molar-refractivity contribution in [2.24, 2.45) is 0 Å². The summed E-state index contributed by atoms with van der Waals surface area (Å²) < 4.78 is 38.6. The van der Waals surface area contributed by atoms with Crippen LogP contribution < -0.4 is 244 Å². The molecular weight excluding hydrogens is 2280 g/mol. The number of nitrogens with one attached hydrogen (secondary N) is 2. The Hall–Kier alpha value is -6.57. The molecule has 718 valence electrons. The molecule has 3 aliphatic heterocycles. The summed E-state index contributed by atoms with van der Waals surface area (Å²) in [6.07, 6.45) is 0. The van der Waals surface area contributed by atoms with Crippen molar-refractivity contribution in [1.29, 1.82) is 0 Å². The Morgan fingerprint density at radius 2 is 0.603 bits per heavy atom. The molecule has 4 atom stereocenters. The summed E-state index contributed by atoms with van der Waals surface area (Å²) in [7, 11) is -2.50. The maximum atomic E-state index is 13.6. The maximum absolute atomic E-state index is 13.6. The minimum atomic E-state index is -0.712. The Morgan fingerprint density at radius 1 is 0.383 bits per heavy atom. The van der Waals surface area contributed by atoms with Gasteiger partial charge in [-0.2, -0.15) is 9.97 Å². The minimum absolute atomic E-state index is 0. The van der Waals surface area contributed by atoms with Gasteiger partial charge in [0.15, 0.2) is 16.8 Å². The molecule has 16 aromatic rings. The molecule has 0 spiro atoms. The molecule has 0 saturated carbocycles. The minimum Gasteiger partial charge on any atom is -1.00 e. The van der Waals surface area contributed by atoms with Crippen LogP contribution in [0.25, 0.3) is 11.3 Å². The molecule has 2 aromatic heterocycles. The molecule has 0 radical (unpaired) electrons. The van der Waals surface area contributed by atoms with E-state index in [9.17, 15) is 8.78 Å². The average Bonchev–Trinajstić information content (AvgIpc) is 1.60. The van der Waals surface area contributed by atoms with Crippen molar-refractivity contribution in [3.05, 3.63) is 425 Å². The molecule has 141 heavy (non-hydrogen) atoms. The summed E-state index contributed by atoms with van der Waals surface area (Å²) in [5.74, 6) is 0.341. The van der Waals surface area contributed by atoms with Gasteiger partial charge in [0, 0.05) is 81.8 Å². The summed E-state index contributed by atoms with van der Waals surface area (Å²) in [6.45, 7) is 19.1. The number of hydrogen-bond donors (Lipinski definition) is 4. The molecule has 6 N–H and O–H groups in total. The van der Waals surface area contributed by atoms with E-state index >= 15 is 0 Å². The van der Waals surface area contributed by atoms with Crippen LogP contribution >= 0.6 is 89.7 Å². The van der Waals surface area contributed by atoms with Gasteiger partial charge in [0.05, 0.1) is 31.3 Å². The van der Waals surface area contributed by atoms with E-state index in [-0.39, 0.29) is 214 Å². The van der Waals surface area contributed by atoms with Crippen LogP contribution in [0.4, 0.5) is 32.3 Å². The van der Waals surface area contributed by atoms with Crippen LogP contribution in [0.1, 0.15) is 56.8 Å². The molecule has 3 saturated heterocycles. The van der Waals surface area contributed by atoms with E-state index in [1.54, 1.807) is 0 Å². The van der Waals surface area contributed by atoms with Crippen molar-refractivity contribution in [2.45, 2.75) is 90.8 Å². The molecule has 14 aromatic carbocycles. The Bertz CT molecular complexity index is 5540. The van der Waals surface area contributed by atoms with Crippen LogP contribution in [0.5, 0.6) is 0 Å². The summed E-state index contributed by atoms with van der Waals surface area (Å²) in [4.78, 5) is 23.8. The number of hydrogen-bond acceptors (Lipinski definition) is 17. The molecule has 0 unspecified atom stereocenters. The van der Waals surface area contributed by atoms with Gasteiger partial charge in [-0.05, 0) is 175 Å². The fourth-order valence-corrected chi connectivity index (χ4v) is 25.4. The molecule has 0 amide bonds. The van der Waals surface area contributed by atoms with Crippen molar-refractivity contribution in [1.82, 2.24) is 41.0 Å². The first-order valence-electron chi connectivity index (χ1n) is 44.6. The summed E-state index contributed by atoms with van der Waals surface area (Å²) in [6, 6.07) is 135. The first kappa shape index (κ1) is 118. The number of carbonyl (C=O) groups is 1. The number of aromatic nitrogens is 6. The Morgan fingerprint density at radius 3 is 0.830 bits per heavy atom. The van der Waals surface area contributed by atoms with Gasteiger partial charge in [-0.1, -0.05) is 422 Å². The molecule has 32 heteroatoms. The summed E-state index contributed by atoms with van der Waals surface area (Å²) in [5.41, 5.74) is 11.5. The molecule has 0 bridgehead atoms.